The minimum absolute atomic E-state index is 0.134. The Kier molecular flexibility index (Phi) is 9.06. The Balaban J connectivity index is 1.45. The van der Waals surface area contributed by atoms with Crippen LogP contribution in [0.5, 0.6) is 0 Å². The third-order valence-electron chi connectivity index (χ3n) is 10.3. The third kappa shape index (κ3) is 6.06. The number of benzene rings is 4. The van der Waals surface area contributed by atoms with E-state index in [1.54, 1.807) is 0 Å². The molecular formula is C42H52B2N4. The van der Waals surface area contributed by atoms with E-state index < -0.39 is 0 Å². The highest BCUT2D eigenvalue weighted by Gasteiger charge is 2.37. The van der Waals surface area contributed by atoms with Crippen LogP contribution in [0.25, 0.3) is 0 Å². The molecule has 2 aliphatic heterocycles. The Morgan fingerprint density at radius 2 is 0.479 bits per heavy atom. The zero-order valence-electron chi connectivity index (χ0n) is 31.3. The summed E-state index contributed by atoms with van der Waals surface area (Å²) >= 11 is 0. The van der Waals surface area contributed by atoms with Crippen LogP contribution >= 0.6 is 0 Å². The lowest BCUT2D eigenvalue weighted by Gasteiger charge is -2.39. The summed E-state index contributed by atoms with van der Waals surface area (Å²) in [6.07, 6.45) is 9.27. The fraction of sp³-hybridized carbons (Fsp3) is 0.333. The summed E-state index contributed by atoms with van der Waals surface area (Å²) in [5.74, 6) is 0. The highest BCUT2D eigenvalue weighted by molar-refractivity contribution is 7.03. The van der Waals surface area contributed by atoms with Crippen molar-refractivity contribution in [3.63, 3.8) is 0 Å². The lowest BCUT2D eigenvalue weighted by Crippen LogP contribution is -2.53. The third-order valence-corrected chi connectivity index (χ3v) is 10.3. The van der Waals surface area contributed by atoms with Crippen molar-refractivity contribution in [1.82, 2.24) is 0 Å². The van der Waals surface area contributed by atoms with Crippen molar-refractivity contribution < 1.29 is 0 Å². The van der Waals surface area contributed by atoms with E-state index in [9.17, 15) is 0 Å². The molecule has 2 heterocycles. The summed E-state index contributed by atoms with van der Waals surface area (Å²) in [6, 6.07) is 18.9. The van der Waals surface area contributed by atoms with Crippen LogP contribution in [0.2, 0.25) is 0 Å². The summed E-state index contributed by atoms with van der Waals surface area (Å²) in [5.41, 5.74) is 21.1. The first-order chi connectivity index (χ1) is 22.7. The van der Waals surface area contributed by atoms with Crippen LogP contribution in [-0.2, 0) is 0 Å². The second-order valence-electron chi connectivity index (χ2n) is 14.8. The number of hydrogen-bond donors (Lipinski definition) is 0. The minimum Gasteiger partial charge on any atom is -0.333 e. The topological polar surface area (TPSA) is 13.0 Å². The first-order valence-electron chi connectivity index (χ1n) is 17.6. The summed E-state index contributed by atoms with van der Waals surface area (Å²) in [5, 5.41) is 0. The maximum Gasteiger partial charge on any atom is 0.147 e. The maximum atomic E-state index is 2.55. The van der Waals surface area contributed by atoms with Gasteiger partial charge >= 0.3 is 0 Å². The van der Waals surface area contributed by atoms with Gasteiger partial charge in [-0.2, -0.15) is 0 Å². The van der Waals surface area contributed by atoms with Crippen molar-refractivity contribution in [2.24, 2.45) is 0 Å². The zero-order chi connectivity index (χ0) is 34.6. The molecule has 0 aliphatic carbocycles. The molecule has 0 unspecified atom stereocenters. The average molecular weight is 635 g/mol. The van der Waals surface area contributed by atoms with Crippen molar-refractivity contribution in [2.45, 2.75) is 95.2 Å². The quantitative estimate of drug-likeness (QED) is 0.188. The summed E-state index contributed by atoms with van der Waals surface area (Å²) in [6.45, 7) is 26.9. The first-order valence-corrected chi connectivity index (χ1v) is 17.6. The Morgan fingerprint density at radius 3 is 0.646 bits per heavy atom. The van der Waals surface area contributed by atoms with Crippen LogP contribution in [-0.4, -0.2) is 26.5 Å². The number of rotatable bonds is 7. The smallest absolute Gasteiger partial charge is 0.147 e. The molecule has 4 nitrogen and oxygen atoms in total. The van der Waals surface area contributed by atoms with Crippen LogP contribution < -0.4 is 19.6 Å². The predicted molar refractivity (Wildman–Crippen MR) is 213 cm³/mol. The molecule has 0 amide bonds. The SMILES string of the molecule is Cc1cc(C)c(N2C=CN(c3c(C)cc(C)cc3C)C2BBC2N(c3c(C)cc(C)cc3C)C=CN2c2c(C)cc(C)cc2C)c(C)c1. The molecule has 0 spiro atoms. The highest BCUT2D eigenvalue weighted by Crippen LogP contribution is 2.39. The van der Waals surface area contributed by atoms with Crippen LogP contribution in [0.3, 0.4) is 0 Å². The molecule has 6 heteroatoms. The maximum absolute atomic E-state index is 2.55. The van der Waals surface area contributed by atoms with Gasteiger partial charge in [0.25, 0.3) is 0 Å². The molecule has 0 atom stereocenters. The highest BCUT2D eigenvalue weighted by atomic mass is 15.4. The van der Waals surface area contributed by atoms with E-state index >= 15 is 0 Å². The van der Waals surface area contributed by atoms with Gasteiger partial charge in [0.2, 0.25) is 0 Å². The molecular weight excluding hydrogens is 582 g/mol. The van der Waals surface area contributed by atoms with E-state index in [0.717, 1.165) is 14.3 Å². The van der Waals surface area contributed by atoms with Crippen LogP contribution in [0, 0.1) is 83.1 Å². The van der Waals surface area contributed by atoms with E-state index in [4.69, 9.17) is 0 Å². The number of aryl methyl sites for hydroxylation is 12. The standard InChI is InChI=1S/C42H52B2N4/c1-25-17-29(5)37(30(6)18-25)45-13-14-46(38-31(7)19-26(2)20-32(38)8)41(45)43-44-42-47(39-33(9)21-27(3)22-34(39)10)15-16-48(42)40-35(11)23-28(4)24-36(40)12/h13-24,41-44H,1-12H3. The number of hydrogen-bond acceptors (Lipinski definition) is 4. The van der Waals surface area contributed by atoms with Crippen LogP contribution in [0.4, 0.5) is 22.7 Å². The molecule has 0 saturated carbocycles. The molecule has 0 bridgehead atoms. The zero-order valence-corrected chi connectivity index (χ0v) is 31.3. The molecule has 4 aromatic carbocycles. The monoisotopic (exact) mass is 634 g/mol. The second kappa shape index (κ2) is 13.0. The van der Waals surface area contributed by atoms with Gasteiger partial charge in [0.15, 0.2) is 0 Å². The van der Waals surface area contributed by atoms with Gasteiger partial charge in [-0.15, -0.1) is 0 Å². The Hall–Kier alpha value is -4.31. The van der Waals surface area contributed by atoms with Gasteiger partial charge in [-0.3, -0.25) is 0 Å². The largest absolute Gasteiger partial charge is 0.333 e. The Morgan fingerprint density at radius 1 is 0.312 bits per heavy atom. The summed E-state index contributed by atoms with van der Waals surface area (Å²) in [7, 11) is 1.94. The lowest BCUT2D eigenvalue weighted by molar-refractivity contribution is 0.864. The average Bonchev–Trinajstić information content (AvgIpc) is 3.54. The van der Waals surface area contributed by atoms with E-state index in [0.29, 0.717) is 0 Å². The molecule has 6 rings (SSSR count). The van der Waals surface area contributed by atoms with Gasteiger partial charge in [-0.1, -0.05) is 70.8 Å². The van der Waals surface area contributed by atoms with Crippen LogP contribution in [0.15, 0.2) is 73.3 Å². The molecule has 0 N–H and O–H groups in total. The number of anilines is 4. The van der Waals surface area contributed by atoms with Gasteiger partial charge in [0.05, 0.1) is 12.1 Å². The van der Waals surface area contributed by atoms with E-state index in [1.165, 1.54) is 89.5 Å². The molecule has 0 saturated heterocycles. The van der Waals surface area contributed by atoms with Crippen molar-refractivity contribution in [1.29, 1.82) is 0 Å². The fourth-order valence-corrected chi connectivity index (χ4v) is 9.02. The Labute approximate surface area is 291 Å². The van der Waals surface area contributed by atoms with Gasteiger partial charge in [0.1, 0.15) is 14.3 Å². The molecule has 4 aromatic rings. The van der Waals surface area contributed by atoms with E-state index in [1.807, 2.05) is 0 Å². The van der Waals surface area contributed by atoms with E-state index in [-0.39, 0.29) is 12.1 Å². The summed E-state index contributed by atoms with van der Waals surface area (Å²) < 4.78 is 0. The van der Waals surface area contributed by atoms with Gasteiger partial charge in [-0.05, 0) is 128 Å². The second-order valence-corrected chi connectivity index (χ2v) is 14.8. The minimum atomic E-state index is 0.134. The van der Waals surface area contributed by atoms with Gasteiger partial charge in [0, 0.05) is 47.5 Å². The summed E-state index contributed by atoms with van der Waals surface area (Å²) in [4.78, 5) is 10.2. The number of nitrogens with zero attached hydrogens (tertiary/aromatic N) is 4. The lowest BCUT2D eigenvalue weighted by atomic mass is 9.35. The molecule has 0 aromatic heterocycles. The first kappa shape index (κ1) is 33.6. The molecule has 2 aliphatic rings. The molecule has 48 heavy (non-hydrogen) atoms. The predicted octanol–water partition coefficient (Wildman–Crippen LogP) is 9.04. The molecule has 0 radical (unpaired) electrons. The molecule has 0 fully saturated rings. The van der Waals surface area contributed by atoms with Crippen molar-refractivity contribution >= 4 is 37.1 Å². The van der Waals surface area contributed by atoms with Crippen molar-refractivity contribution in [3.8, 4) is 0 Å². The van der Waals surface area contributed by atoms with Crippen molar-refractivity contribution in [3.05, 3.63) is 140 Å². The fourth-order valence-electron chi connectivity index (χ4n) is 9.02. The van der Waals surface area contributed by atoms with Crippen molar-refractivity contribution in [2.75, 3.05) is 19.6 Å². The normalized spacial score (nSPS) is 15.0. The van der Waals surface area contributed by atoms with Gasteiger partial charge < -0.3 is 19.6 Å². The van der Waals surface area contributed by atoms with Gasteiger partial charge in [-0.25, -0.2) is 0 Å². The van der Waals surface area contributed by atoms with E-state index in [2.05, 4.69) is 176 Å². The molecule has 246 valence electrons. The van der Waals surface area contributed by atoms with Crippen LogP contribution in [0.1, 0.15) is 66.8 Å². The Bertz CT molecular complexity index is 1590.